The predicted octanol–water partition coefficient (Wildman–Crippen LogP) is 5.30. The van der Waals surface area contributed by atoms with Crippen LogP contribution in [0.25, 0.3) is 0 Å². The molecule has 1 amide bonds. The Morgan fingerprint density at radius 2 is 1.65 bits per heavy atom. The minimum absolute atomic E-state index is 0.0997. The molecular formula is C21H24Cl2N2O. The van der Waals surface area contributed by atoms with Crippen molar-refractivity contribution in [2.24, 2.45) is 0 Å². The Morgan fingerprint density at radius 1 is 0.962 bits per heavy atom. The van der Waals surface area contributed by atoms with Gasteiger partial charge in [0.1, 0.15) is 0 Å². The average Bonchev–Trinajstić information content (AvgIpc) is 2.90. The lowest BCUT2D eigenvalue weighted by Crippen LogP contribution is -2.24. The number of likely N-dealkylation sites (tertiary alicyclic amines) is 1. The fourth-order valence-corrected chi connectivity index (χ4v) is 3.73. The highest BCUT2D eigenvalue weighted by Crippen LogP contribution is 2.21. The highest BCUT2D eigenvalue weighted by molar-refractivity contribution is 6.35. The molecule has 0 spiro atoms. The summed E-state index contributed by atoms with van der Waals surface area (Å²) in [6, 6.07) is 13.2. The fraction of sp³-hybridized carbons (Fsp3) is 0.381. The molecule has 138 valence electrons. The van der Waals surface area contributed by atoms with Crippen molar-refractivity contribution < 1.29 is 4.79 Å². The summed E-state index contributed by atoms with van der Waals surface area (Å²) in [6.45, 7) is 3.68. The van der Waals surface area contributed by atoms with E-state index in [-0.39, 0.29) is 5.91 Å². The van der Waals surface area contributed by atoms with E-state index in [0.717, 1.165) is 12.1 Å². The molecule has 0 aliphatic carbocycles. The molecule has 2 aromatic carbocycles. The van der Waals surface area contributed by atoms with E-state index in [1.807, 2.05) is 18.2 Å². The van der Waals surface area contributed by atoms with Crippen molar-refractivity contribution in [3.05, 3.63) is 69.2 Å². The molecule has 1 saturated heterocycles. The van der Waals surface area contributed by atoms with Gasteiger partial charge in [-0.2, -0.15) is 0 Å². The first-order valence-electron chi connectivity index (χ1n) is 9.15. The van der Waals surface area contributed by atoms with Crippen LogP contribution in [0.4, 0.5) is 0 Å². The van der Waals surface area contributed by atoms with E-state index in [9.17, 15) is 4.79 Å². The second-order valence-electron chi connectivity index (χ2n) is 6.81. The number of amides is 1. The summed E-state index contributed by atoms with van der Waals surface area (Å²) in [7, 11) is 0. The molecular weight excluding hydrogens is 367 g/mol. The van der Waals surface area contributed by atoms with Crippen molar-refractivity contribution in [2.75, 3.05) is 13.1 Å². The summed E-state index contributed by atoms with van der Waals surface area (Å²) in [6.07, 6.45) is 5.25. The fourth-order valence-electron chi connectivity index (χ4n) is 3.26. The Bertz CT molecular complexity index is 738. The zero-order valence-electron chi connectivity index (χ0n) is 14.8. The summed E-state index contributed by atoms with van der Waals surface area (Å²) in [5, 5.41) is 4.06. The molecule has 1 fully saturated rings. The van der Waals surface area contributed by atoms with Gasteiger partial charge in [0.15, 0.2) is 0 Å². The van der Waals surface area contributed by atoms with Gasteiger partial charge < -0.3 is 5.32 Å². The molecule has 1 heterocycles. The molecule has 3 nitrogen and oxygen atoms in total. The zero-order valence-corrected chi connectivity index (χ0v) is 16.3. The third kappa shape index (κ3) is 5.47. The Balaban J connectivity index is 1.54. The molecule has 1 aliphatic heterocycles. The lowest BCUT2D eigenvalue weighted by Gasteiger charge is -2.19. The highest BCUT2D eigenvalue weighted by atomic mass is 35.5. The first-order chi connectivity index (χ1) is 12.6. The molecule has 0 saturated carbocycles. The van der Waals surface area contributed by atoms with E-state index < -0.39 is 0 Å². The monoisotopic (exact) mass is 390 g/mol. The number of rotatable bonds is 5. The Labute approximate surface area is 165 Å². The molecule has 26 heavy (non-hydrogen) atoms. The molecule has 0 unspecified atom stereocenters. The first-order valence-corrected chi connectivity index (χ1v) is 9.91. The summed E-state index contributed by atoms with van der Waals surface area (Å²) < 4.78 is 0. The van der Waals surface area contributed by atoms with Gasteiger partial charge in [-0.15, -0.1) is 0 Å². The molecule has 5 heteroatoms. The summed E-state index contributed by atoms with van der Waals surface area (Å²) in [5.74, 6) is -0.0997. The Kier molecular flexibility index (Phi) is 6.95. The van der Waals surface area contributed by atoms with E-state index in [0.29, 0.717) is 22.2 Å². The largest absolute Gasteiger partial charge is 0.348 e. The standard InChI is InChI=1S/C21H24Cl2N2O/c22-19-10-9-18(20(23)13-19)14-24-21(26)17-7-5-16(6-8-17)15-25-11-3-1-2-4-12-25/h5-10,13H,1-4,11-12,14-15H2,(H,24,26). The van der Waals surface area contributed by atoms with Crippen LogP contribution in [0.5, 0.6) is 0 Å². The Morgan fingerprint density at radius 3 is 2.31 bits per heavy atom. The first kappa shape index (κ1) is 19.2. The molecule has 1 N–H and O–H groups in total. The number of hydrogen-bond donors (Lipinski definition) is 1. The van der Waals surface area contributed by atoms with Gasteiger partial charge in [0.05, 0.1) is 0 Å². The predicted molar refractivity (Wildman–Crippen MR) is 108 cm³/mol. The minimum Gasteiger partial charge on any atom is -0.348 e. The molecule has 0 bridgehead atoms. The van der Waals surface area contributed by atoms with Crippen LogP contribution in [0.15, 0.2) is 42.5 Å². The quantitative estimate of drug-likeness (QED) is 0.750. The number of carbonyl (C=O) groups is 1. The van der Waals surface area contributed by atoms with Gasteiger partial charge in [-0.1, -0.05) is 54.2 Å². The normalized spacial score (nSPS) is 15.5. The number of benzene rings is 2. The van der Waals surface area contributed by atoms with E-state index in [4.69, 9.17) is 23.2 Å². The second kappa shape index (κ2) is 9.40. The molecule has 0 radical (unpaired) electrons. The van der Waals surface area contributed by atoms with Gasteiger partial charge in [-0.25, -0.2) is 0 Å². The van der Waals surface area contributed by atoms with Gasteiger partial charge >= 0.3 is 0 Å². The van der Waals surface area contributed by atoms with Crippen LogP contribution in [0.1, 0.15) is 47.2 Å². The van der Waals surface area contributed by atoms with Gasteiger partial charge in [0.2, 0.25) is 0 Å². The van der Waals surface area contributed by atoms with Crippen LogP contribution in [-0.4, -0.2) is 23.9 Å². The third-order valence-corrected chi connectivity index (χ3v) is 5.36. The van der Waals surface area contributed by atoms with Crippen molar-refractivity contribution in [3.8, 4) is 0 Å². The summed E-state index contributed by atoms with van der Waals surface area (Å²) in [5.41, 5.74) is 2.76. The van der Waals surface area contributed by atoms with Crippen LogP contribution in [-0.2, 0) is 13.1 Å². The van der Waals surface area contributed by atoms with Crippen LogP contribution in [0.3, 0.4) is 0 Å². The SMILES string of the molecule is O=C(NCc1ccc(Cl)cc1Cl)c1ccc(CN2CCCCCC2)cc1. The van der Waals surface area contributed by atoms with Gasteiger partial charge in [-0.05, 0) is 61.3 Å². The van der Waals surface area contributed by atoms with E-state index in [2.05, 4.69) is 22.3 Å². The smallest absolute Gasteiger partial charge is 0.251 e. The topological polar surface area (TPSA) is 32.3 Å². The number of nitrogens with one attached hydrogen (secondary N) is 1. The molecule has 3 rings (SSSR count). The Hall–Kier alpha value is -1.55. The van der Waals surface area contributed by atoms with E-state index in [1.165, 1.54) is 44.3 Å². The summed E-state index contributed by atoms with van der Waals surface area (Å²) >= 11 is 12.0. The zero-order chi connectivity index (χ0) is 18.4. The van der Waals surface area contributed by atoms with Gasteiger partial charge in [0.25, 0.3) is 5.91 Å². The van der Waals surface area contributed by atoms with Crippen LogP contribution < -0.4 is 5.32 Å². The van der Waals surface area contributed by atoms with Crippen molar-refractivity contribution in [2.45, 2.75) is 38.8 Å². The molecule has 2 aromatic rings. The highest BCUT2D eigenvalue weighted by Gasteiger charge is 2.11. The maximum Gasteiger partial charge on any atom is 0.251 e. The second-order valence-corrected chi connectivity index (χ2v) is 7.65. The minimum atomic E-state index is -0.0997. The number of nitrogens with zero attached hydrogens (tertiary/aromatic N) is 1. The molecule has 1 aliphatic rings. The van der Waals surface area contributed by atoms with E-state index in [1.54, 1.807) is 12.1 Å². The number of hydrogen-bond acceptors (Lipinski definition) is 2. The van der Waals surface area contributed by atoms with Crippen molar-refractivity contribution in [3.63, 3.8) is 0 Å². The van der Waals surface area contributed by atoms with Gasteiger partial charge in [0, 0.05) is 28.7 Å². The van der Waals surface area contributed by atoms with Crippen molar-refractivity contribution >= 4 is 29.1 Å². The summed E-state index contributed by atoms with van der Waals surface area (Å²) in [4.78, 5) is 14.9. The van der Waals surface area contributed by atoms with Crippen LogP contribution in [0.2, 0.25) is 10.0 Å². The third-order valence-electron chi connectivity index (χ3n) is 4.78. The maximum absolute atomic E-state index is 12.4. The van der Waals surface area contributed by atoms with Gasteiger partial charge in [-0.3, -0.25) is 9.69 Å². The van der Waals surface area contributed by atoms with Crippen LogP contribution in [0, 0.1) is 0 Å². The van der Waals surface area contributed by atoms with E-state index >= 15 is 0 Å². The number of carbonyl (C=O) groups excluding carboxylic acids is 1. The average molecular weight is 391 g/mol. The maximum atomic E-state index is 12.4. The lowest BCUT2D eigenvalue weighted by molar-refractivity contribution is 0.0951. The van der Waals surface area contributed by atoms with Crippen LogP contribution >= 0.6 is 23.2 Å². The molecule has 0 atom stereocenters. The van der Waals surface area contributed by atoms with Crippen molar-refractivity contribution in [1.82, 2.24) is 10.2 Å². The lowest BCUT2D eigenvalue weighted by atomic mass is 10.1. The van der Waals surface area contributed by atoms with Crippen molar-refractivity contribution in [1.29, 1.82) is 0 Å². The number of halogens is 2. The molecule has 0 aromatic heterocycles.